The van der Waals surface area contributed by atoms with E-state index in [0.717, 1.165) is 57.5 Å². The van der Waals surface area contributed by atoms with Crippen LogP contribution in [0.3, 0.4) is 0 Å². The predicted molar refractivity (Wildman–Crippen MR) is 133 cm³/mol. The van der Waals surface area contributed by atoms with Crippen molar-refractivity contribution in [3.8, 4) is 0 Å². The van der Waals surface area contributed by atoms with E-state index in [0.29, 0.717) is 25.2 Å². The van der Waals surface area contributed by atoms with Crippen LogP contribution in [0.4, 0.5) is 14.5 Å². The molecule has 7 heteroatoms. The molecule has 2 N–H and O–H groups in total. The Hall–Kier alpha value is -2.77. The standard InChI is InChI=1S/C28H33F2N3O2/c29-23-7-5-20(17-24(23)30)6-8-27(35)33-13-9-21(10-14-33)26(34)18-32-15-11-28(12-16-32)19-31-25-4-2-1-3-22(25)28/h1-8,17,21,26,31,34H,9-16,18-19H2/b8-6+. The number of benzene rings is 2. The second-order valence-electron chi connectivity index (χ2n) is 10.2. The van der Waals surface area contributed by atoms with E-state index in [2.05, 4.69) is 34.5 Å². The van der Waals surface area contributed by atoms with Crippen molar-refractivity contribution in [3.63, 3.8) is 0 Å². The van der Waals surface area contributed by atoms with Gasteiger partial charge in [0.25, 0.3) is 0 Å². The Morgan fingerprint density at radius 1 is 1.09 bits per heavy atom. The smallest absolute Gasteiger partial charge is 0.246 e. The molecule has 1 spiro atoms. The Balaban J connectivity index is 1.07. The molecule has 1 unspecified atom stereocenters. The fourth-order valence-corrected chi connectivity index (χ4v) is 5.88. The first-order valence-electron chi connectivity index (χ1n) is 12.6. The molecule has 186 valence electrons. The number of nitrogens with one attached hydrogen (secondary N) is 1. The van der Waals surface area contributed by atoms with E-state index in [4.69, 9.17) is 0 Å². The lowest BCUT2D eigenvalue weighted by Gasteiger charge is -2.41. The zero-order valence-electron chi connectivity index (χ0n) is 19.9. The lowest BCUT2D eigenvalue weighted by molar-refractivity contribution is -0.128. The molecule has 1 amide bonds. The Labute approximate surface area is 205 Å². The van der Waals surface area contributed by atoms with Crippen molar-refractivity contribution in [1.29, 1.82) is 0 Å². The van der Waals surface area contributed by atoms with Crippen LogP contribution in [-0.2, 0) is 10.2 Å². The average molecular weight is 482 g/mol. The molecule has 3 aliphatic rings. The van der Waals surface area contributed by atoms with Gasteiger partial charge < -0.3 is 20.2 Å². The van der Waals surface area contributed by atoms with Gasteiger partial charge in [0.1, 0.15) is 0 Å². The van der Waals surface area contributed by atoms with Gasteiger partial charge in [-0.1, -0.05) is 24.3 Å². The molecule has 3 heterocycles. The molecule has 0 saturated carbocycles. The number of hydrogen-bond donors (Lipinski definition) is 2. The van der Waals surface area contributed by atoms with Gasteiger partial charge in [-0.25, -0.2) is 8.78 Å². The zero-order valence-corrected chi connectivity index (χ0v) is 19.9. The number of carbonyl (C=O) groups excluding carboxylic acids is 1. The summed E-state index contributed by atoms with van der Waals surface area (Å²) in [5, 5.41) is 14.5. The third-order valence-corrected chi connectivity index (χ3v) is 8.13. The number of carbonyl (C=O) groups is 1. The number of fused-ring (bicyclic) bond motifs is 2. The summed E-state index contributed by atoms with van der Waals surface area (Å²) < 4.78 is 26.4. The molecule has 1 atom stereocenters. The van der Waals surface area contributed by atoms with Gasteiger partial charge in [0.15, 0.2) is 11.6 Å². The minimum atomic E-state index is -0.928. The van der Waals surface area contributed by atoms with Gasteiger partial charge in [0.05, 0.1) is 6.10 Å². The Bertz CT molecular complexity index is 1090. The van der Waals surface area contributed by atoms with Gasteiger partial charge in [-0.05, 0) is 80.1 Å². The Morgan fingerprint density at radius 3 is 2.57 bits per heavy atom. The summed E-state index contributed by atoms with van der Waals surface area (Å²) in [4.78, 5) is 16.7. The number of amides is 1. The summed E-state index contributed by atoms with van der Waals surface area (Å²) in [7, 11) is 0. The van der Waals surface area contributed by atoms with E-state index in [-0.39, 0.29) is 17.2 Å². The van der Waals surface area contributed by atoms with Crippen molar-refractivity contribution in [2.24, 2.45) is 5.92 Å². The number of aliphatic hydroxyl groups is 1. The first-order valence-corrected chi connectivity index (χ1v) is 12.6. The number of piperidine rings is 2. The van der Waals surface area contributed by atoms with E-state index in [1.807, 2.05) is 0 Å². The van der Waals surface area contributed by atoms with Crippen molar-refractivity contribution in [2.75, 3.05) is 44.6 Å². The Kier molecular flexibility index (Phi) is 6.89. The molecular formula is C28H33F2N3O2. The van der Waals surface area contributed by atoms with Gasteiger partial charge in [0.2, 0.25) is 5.91 Å². The van der Waals surface area contributed by atoms with Crippen molar-refractivity contribution >= 4 is 17.7 Å². The number of rotatable bonds is 5. The minimum absolute atomic E-state index is 0.144. The van der Waals surface area contributed by atoms with E-state index in [9.17, 15) is 18.7 Å². The van der Waals surface area contributed by atoms with Crippen molar-refractivity contribution in [2.45, 2.75) is 37.2 Å². The fraction of sp³-hybridized carbons (Fsp3) is 0.464. The third-order valence-electron chi connectivity index (χ3n) is 8.13. The van der Waals surface area contributed by atoms with Gasteiger partial charge in [-0.2, -0.15) is 0 Å². The molecule has 2 fully saturated rings. The SMILES string of the molecule is O=C(/C=C/c1ccc(F)c(F)c1)N1CCC(C(O)CN2CCC3(CC2)CNc2ccccc23)CC1. The van der Waals surface area contributed by atoms with Crippen LogP contribution in [0.5, 0.6) is 0 Å². The predicted octanol–water partition coefficient (Wildman–Crippen LogP) is 4.04. The average Bonchev–Trinajstić information content (AvgIpc) is 3.24. The van der Waals surface area contributed by atoms with Gasteiger partial charge in [-0.15, -0.1) is 0 Å². The molecular weight excluding hydrogens is 448 g/mol. The van der Waals surface area contributed by atoms with Gasteiger partial charge in [0, 0.05) is 43.4 Å². The number of aliphatic hydroxyl groups excluding tert-OH is 1. The number of anilines is 1. The Morgan fingerprint density at radius 2 is 1.83 bits per heavy atom. The molecule has 5 nitrogen and oxygen atoms in total. The lowest BCUT2D eigenvalue weighted by Crippen LogP contribution is -2.48. The molecule has 2 aromatic carbocycles. The fourth-order valence-electron chi connectivity index (χ4n) is 5.88. The maximum Gasteiger partial charge on any atom is 0.246 e. The van der Waals surface area contributed by atoms with E-state index >= 15 is 0 Å². The van der Waals surface area contributed by atoms with Crippen LogP contribution in [0.15, 0.2) is 48.5 Å². The van der Waals surface area contributed by atoms with Crippen LogP contribution in [0.25, 0.3) is 6.08 Å². The van der Waals surface area contributed by atoms with Crippen LogP contribution in [-0.4, -0.2) is 66.2 Å². The topological polar surface area (TPSA) is 55.8 Å². The third kappa shape index (κ3) is 5.11. The van der Waals surface area contributed by atoms with E-state index in [1.165, 1.54) is 29.5 Å². The highest BCUT2D eigenvalue weighted by Gasteiger charge is 2.41. The number of hydrogen-bond acceptors (Lipinski definition) is 4. The highest BCUT2D eigenvalue weighted by molar-refractivity contribution is 5.91. The molecule has 3 aliphatic heterocycles. The van der Waals surface area contributed by atoms with E-state index < -0.39 is 17.7 Å². The molecule has 0 radical (unpaired) electrons. The number of halogens is 2. The maximum atomic E-state index is 13.3. The largest absolute Gasteiger partial charge is 0.392 e. The normalized spacial score (nSPS) is 21.3. The number of β-amino-alcohol motifs (C(OH)–C–C–N with tert-alkyl or cyclic N) is 1. The number of nitrogens with zero attached hydrogens (tertiary/aromatic N) is 2. The monoisotopic (exact) mass is 481 g/mol. The number of para-hydroxylation sites is 1. The maximum absolute atomic E-state index is 13.3. The van der Waals surface area contributed by atoms with Gasteiger partial charge >= 0.3 is 0 Å². The summed E-state index contributed by atoms with van der Waals surface area (Å²) in [5.41, 5.74) is 3.37. The minimum Gasteiger partial charge on any atom is -0.392 e. The van der Waals surface area contributed by atoms with Crippen LogP contribution in [0.1, 0.15) is 36.8 Å². The first kappa shape index (κ1) is 23.9. The second kappa shape index (κ2) is 10.1. The molecule has 5 rings (SSSR count). The van der Waals surface area contributed by atoms with Crippen molar-refractivity contribution < 1.29 is 18.7 Å². The van der Waals surface area contributed by atoms with Crippen LogP contribution >= 0.6 is 0 Å². The lowest BCUT2D eigenvalue weighted by atomic mass is 9.74. The molecule has 2 saturated heterocycles. The summed E-state index contributed by atoms with van der Waals surface area (Å²) in [6.45, 7) is 4.83. The van der Waals surface area contributed by atoms with Crippen LogP contribution in [0.2, 0.25) is 0 Å². The van der Waals surface area contributed by atoms with Gasteiger partial charge in [-0.3, -0.25) is 4.79 Å². The summed E-state index contributed by atoms with van der Waals surface area (Å²) >= 11 is 0. The highest BCUT2D eigenvalue weighted by Crippen LogP contribution is 2.43. The van der Waals surface area contributed by atoms with Crippen molar-refractivity contribution in [3.05, 3.63) is 71.3 Å². The van der Waals surface area contributed by atoms with Crippen LogP contribution < -0.4 is 5.32 Å². The molecule has 2 aromatic rings. The van der Waals surface area contributed by atoms with E-state index in [1.54, 1.807) is 4.90 Å². The number of likely N-dealkylation sites (tertiary alicyclic amines) is 2. The summed E-state index contributed by atoms with van der Waals surface area (Å²) in [5.74, 6) is -1.80. The zero-order chi connectivity index (χ0) is 24.4. The molecule has 35 heavy (non-hydrogen) atoms. The summed E-state index contributed by atoms with van der Waals surface area (Å²) in [6, 6.07) is 12.2. The van der Waals surface area contributed by atoms with Crippen LogP contribution in [0, 0.1) is 17.6 Å². The molecule has 0 bridgehead atoms. The second-order valence-corrected chi connectivity index (χ2v) is 10.2. The van der Waals surface area contributed by atoms with Crippen molar-refractivity contribution in [1.82, 2.24) is 9.80 Å². The molecule has 0 aromatic heterocycles. The summed E-state index contributed by atoms with van der Waals surface area (Å²) in [6.07, 6.45) is 6.24. The highest BCUT2D eigenvalue weighted by atomic mass is 19.2. The quantitative estimate of drug-likeness (QED) is 0.633. The first-order chi connectivity index (χ1) is 16.9. The molecule has 0 aliphatic carbocycles.